The normalized spacial score (nSPS) is 10.4. The zero-order valence-corrected chi connectivity index (χ0v) is 13.0. The Bertz CT molecular complexity index is 658. The van der Waals surface area contributed by atoms with Crippen molar-refractivity contribution in [3.05, 3.63) is 62.8 Å². The quantitative estimate of drug-likeness (QED) is 0.718. The van der Waals surface area contributed by atoms with Crippen molar-refractivity contribution in [2.75, 3.05) is 0 Å². The van der Waals surface area contributed by atoms with E-state index < -0.39 is 5.82 Å². The number of halogens is 3. The van der Waals surface area contributed by atoms with Crippen LogP contribution in [-0.4, -0.2) is 5.78 Å². The molecule has 0 bridgehead atoms. The third-order valence-electron chi connectivity index (χ3n) is 2.74. The Morgan fingerprint density at radius 1 is 1.35 bits per heavy atom. The number of hydrogen-bond acceptors (Lipinski definition) is 2. The minimum Gasteiger partial charge on any atom is -0.488 e. The summed E-state index contributed by atoms with van der Waals surface area (Å²) in [4.78, 5) is 11.6. The number of hydrogen-bond donors (Lipinski definition) is 0. The summed E-state index contributed by atoms with van der Waals surface area (Å²) in [7, 11) is 0. The largest absolute Gasteiger partial charge is 0.488 e. The molecule has 104 valence electrons. The predicted octanol–water partition coefficient (Wildman–Crippen LogP) is 5.02. The van der Waals surface area contributed by atoms with Gasteiger partial charge in [0, 0.05) is 10.0 Å². The van der Waals surface area contributed by atoms with Crippen molar-refractivity contribution in [1.82, 2.24) is 0 Å². The first kappa shape index (κ1) is 15.0. The van der Waals surface area contributed by atoms with E-state index in [0.29, 0.717) is 16.9 Å². The van der Waals surface area contributed by atoms with Gasteiger partial charge in [-0.1, -0.05) is 39.7 Å². The lowest BCUT2D eigenvalue weighted by atomic mass is 10.1. The molecule has 0 saturated carbocycles. The van der Waals surface area contributed by atoms with Crippen LogP contribution in [0.4, 0.5) is 4.39 Å². The van der Waals surface area contributed by atoms with Crippen LogP contribution in [0.3, 0.4) is 0 Å². The maximum Gasteiger partial charge on any atom is 0.163 e. The van der Waals surface area contributed by atoms with Crippen LogP contribution in [0, 0.1) is 5.82 Å². The Balaban J connectivity index is 2.23. The maximum atomic E-state index is 13.3. The molecule has 0 unspecified atom stereocenters. The molecule has 0 aromatic heterocycles. The summed E-state index contributed by atoms with van der Waals surface area (Å²) in [5.74, 6) is -0.150. The SMILES string of the molecule is CC(=O)c1cc(Br)ccc1OCc1cccc(F)c1Cl. The predicted molar refractivity (Wildman–Crippen MR) is 79.9 cm³/mol. The fourth-order valence-corrected chi connectivity index (χ4v) is 2.26. The Hall–Kier alpha value is -1.39. The van der Waals surface area contributed by atoms with E-state index in [0.717, 1.165) is 4.47 Å². The van der Waals surface area contributed by atoms with Crippen molar-refractivity contribution >= 4 is 33.3 Å². The van der Waals surface area contributed by atoms with Gasteiger partial charge in [-0.25, -0.2) is 4.39 Å². The monoisotopic (exact) mass is 356 g/mol. The van der Waals surface area contributed by atoms with Gasteiger partial charge in [0.15, 0.2) is 5.78 Å². The Kier molecular flexibility index (Phi) is 4.78. The van der Waals surface area contributed by atoms with Crippen molar-refractivity contribution in [2.45, 2.75) is 13.5 Å². The molecule has 0 aliphatic carbocycles. The number of carbonyl (C=O) groups is 1. The van der Waals surface area contributed by atoms with E-state index in [2.05, 4.69) is 15.9 Å². The molecule has 2 rings (SSSR count). The second kappa shape index (κ2) is 6.37. The van der Waals surface area contributed by atoms with E-state index in [4.69, 9.17) is 16.3 Å². The molecule has 2 aromatic carbocycles. The van der Waals surface area contributed by atoms with Gasteiger partial charge < -0.3 is 4.74 Å². The summed E-state index contributed by atoms with van der Waals surface area (Å²) in [6, 6.07) is 9.67. The highest BCUT2D eigenvalue weighted by molar-refractivity contribution is 9.10. The highest BCUT2D eigenvalue weighted by Gasteiger charge is 2.11. The molecular formula is C15H11BrClFO2. The molecule has 0 aliphatic heterocycles. The van der Waals surface area contributed by atoms with Gasteiger partial charge >= 0.3 is 0 Å². The minimum atomic E-state index is -0.490. The molecule has 0 atom stereocenters. The van der Waals surface area contributed by atoms with Crippen LogP contribution in [0.25, 0.3) is 0 Å². The van der Waals surface area contributed by atoms with Gasteiger partial charge in [-0.05, 0) is 31.2 Å². The number of benzene rings is 2. The van der Waals surface area contributed by atoms with Crippen molar-refractivity contribution in [3.8, 4) is 5.75 Å². The summed E-state index contributed by atoms with van der Waals surface area (Å²) >= 11 is 9.16. The number of ketones is 1. The zero-order chi connectivity index (χ0) is 14.7. The Morgan fingerprint density at radius 3 is 2.80 bits per heavy atom. The molecule has 5 heteroatoms. The summed E-state index contributed by atoms with van der Waals surface area (Å²) in [5.41, 5.74) is 0.996. The average molecular weight is 358 g/mol. The average Bonchev–Trinajstić information content (AvgIpc) is 2.41. The molecule has 0 aliphatic rings. The van der Waals surface area contributed by atoms with Crippen molar-refractivity contribution < 1.29 is 13.9 Å². The summed E-state index contributed by atoms with van der Waals surface area (Å²) in [6.45, 7) is 1.56. The van der Waals surface area contributed by atoms with Crippen LogP contribution >= 0.6 is 27.5 Å². The van der Waals surface area contributed by atoms with Crippen LogP contribution in [0.5, 0.6) is 5.75 Å². The van der Waals surface area contributed by atoms with Crippen molar-refractivity contribution in [2.24, 2.45) is 0 Å². The Morgan fingerprint density at radius 2 is 2.10 bits per heavy atom. The molecule has 0 N–H and O–H groups in total. The van der Waals surface area contributed by atoms with Crippen LogP contribution in [0.15, 0.2) is 40.9 Å². The zero-order valence-electron chi connectivity index (χ0n) is 10.6. The first-order valence-electron chi connectivity index (χ1n) is 5.85. The third kappa shape index (κ3) is 3.38. The fraction of sp³-hybridized carbons (Fsp3) is 0.133. The van der Waals surface area contributed by atoms with Gasteiger partial charge in [0.05, 0.1) is 10.6 Å². The second-order valence-corrected chi connectivity index (χ2v) is 5.49. The third-order valence-corrected chi connectivity index (χ3v) is 3.65. The van der Waals surface area contributed by atoms with Gasteiger partial charge in [0.2, 0.25) is 0 Å². The van der Waals surface area contributed by atoms with E-state index in [-0.39, 0.29) is 17.4 Å². The molecule has 0 amide bonds. The fourth-order valence-electron chi connectivity index (χ4n) is 1.72. The van der Waals surface area contributed by atoms with Crippen molar-refractivity contribution in [1.29, 1.82) is 0 Å². The van der Waals surface area contributed by atoms with Gasteiger partial charge in [-0.15, -0.1) is 0 Å². The van der Waals surface area contributed by atoms with Gasteiger partial charge in [0.1, 0.15) is 18.2 Å². The summed E-state index contributed by atoms with van der Waals surface area (Å²) in [6.07, 6.45) is 0. The summed E-state index contributed by atoms with van der Waals surface area (Å²) in [5, 5.41) is 0.0361. The topological polar surface area (TPSA) is 26.3 Å². The standard InChI is InChI=1S/C15H11BrClFO2/c1-9(19)12-7-11(16)5-6-14(12)20-8-10-3-2-4-13(18)15(10)17/h2-7H,8H2,1H3. The highest BCUT2D eigenvalue weighted by atomic mass is 79.9. The number of Topliss-reactive ketones (excluding diaryl/α,β-unsaturated/α-hetero) is 1. The van der Waals surface area contributed by atoms with E-state index in [1.54, 1.807) is 30.3 Å². The van der Waals surface area contributed by atoms with Crippen LogP contribution < -0.4 is 4.74 Å². The van der Waals surface area contributed by atoms with E-state index in [1.165, 1.54) is 13.0 Å². The van der Waals surface area contributed by atoms with Gasteiger partial charge in [-0.2, -0.15) is 0 Å². The number of ether oxygens (including phenoxy) is 1. The molecule has 0 saturated heterocycles. The molecule has 20 heavy (non-hydrogen) atoms. The van der Waals surface area contributed by atoms with E-state index >= 15 is 0 Å². The lowest BCUT2D eigenvalue weighted by Crippen LogP contribution is -2.02. The molecule has 0 radical (unpaired) electrons. The van der Waals surface area contributed by atoms with Crippen molar-refractivity contribution in [3.63, 3.8) is 0 Å². The molecule has 0 spiro atoms. The Labute approximate surface area is 129 Å². The molecule has 0 heterocycles. The van der Waals surface area contributed by atoms with Crippen LogP contribution in [0.2, 0.25) is 5.02 Å². The van der Waals surface area contributed by atoms with Gasteiger partial charge in [0.25, 0.3) is 0 Å². The van der Waals surface area contributed by atoms with E-state index in [9.17, 15) is 9.18 Å². The number of rotatable bonds is 4. The maximum absolute atomic E-state index is 13.3. The second-order valence-electron chi connectivity index (χ2n) is 4.20. The smallest absolute Gasteiger partial charge is 0.163 e. The summed E-state index contributed by atoms with van der Waals surface area (Å²) < 4.78 is 19.7. The van der Waals surface area contributed by atoms with Crippen LogP contribution in [-0.2, 0) is 6.61 Å². The molecular weight excluding hydrogens is 347 g/mol. The first-order chi connectivity index (χ1) is 9.49. The van der Waals surface area contributed by atoms with Gasteiger partial charge in [-0.3, -0.25) is 4.79 Å². The molecule has 2 aromatic rings. The van der Waals surface area contributed by atoms with Crippen LogP contribution in [0.1, 0.15) is 22.8 Å². The minimum absolute atomic E-state index is 0.0361. The first-order valence-corrected chi connectivity index (χ1v) is 7.02. The lowest BCUT2D eigenvalue weighted by molar-refractivity contribution is 0.101. The highest BCUT2D eigenvalue weighted by Crippen LogP contribution is 2.26. The molecule has 2 nitrogen and oxygen atoms in total. The molecule has 0 fully saturated rings. The lowest BCUT2D eigenvalue weighted by Gasteiger charge is -2.11. The van der Waals surface area contributed by atoms with E-state index in [1.807, 2.05) is 0 Å². The number of carbonyl (C=O) groups excluding carboxylic acids is 1.